The van der Waals surface area contributed by atoms with Gasteiger partial charge in [-0.05, 0) is 56.3 Å². The second kappa shape index (κ2) is 9.98. The SMILES string of the molecule is COC(=O)C=Cc1sc(C(C)N(c2cc(F)ccc2F)S(=O)(=O)c2ccc(Cl)cc2)nc1C. The Morgan fingerprint density at radius 3 is 2.52 bits per heavy atom. The van der Waals surface area contributed by atoms with Gasteiger partial charge in [0, 0.05) is 17.2 Å². The number of thiazole rings is 1. The molecule has 1 heterocycles. The molecule has 0 amide bonds. The molecule has 0 radical (unpaired) electrons. The van der Waals surface area contributed by atoms with Gasteiger partial charge in [-0.3, -0.25) is 4.31 Å². The first-order chi connectivity index (χ1) is 15.5. The number of sulfonamides is 1. The summed E-state index contributed by atoms with van der Waals surface area (Å²) >= 11 is 7.00. The summed E-state index contributed by atoms with van der Waals surface area (Å²) in [6, 6.07) is 6.92. The van der Waals surface area contributed by atoms with Crippen LogP contribution in [0.1, 0.15) is 28.5 Å². The van der Waals surface area contributed by atoms with Crippen LogP contribution in [0.25, 0.3) is 6.08 Å². The van der Waals surface area contributed by atoms with Gasteiger partial charge in [0.15, 0.2) is 0 Å². The summed E-state index contributed by atoms with van der Waals surface area (Å²) in [7, 11) is -3.11. The summed E-state index contributed by atoms with van der Waals surface area (Å²) in [6.45, 7) is 3.20. The highest BCUT2D eigenvalue weighted by molar-refractivity contribution is 7.92. The van der Waals surface area contributed by atoms with Crippen LogP contribution in [0.3, 0.4) is 0 Å². The van der Waals surface area contributed by atoms with Gasteiger partial charge in [0.25, 0.3) is 10.0 Å². The molecule has 1 unspecified atom stereocenters. The lowest BCUT2D eigenvalue weighted by molar-refractivity contribution is -0.134. The normalized spacial score (nSPS) is 12.7. The maximum absolute atomic E-state index is 14.8. The van der Waals surface area contributed by atoms with Gasteiger partial charge in [0.2, 0.25) is 0 Å². The largest absolute Gasteiger partial charge is 0.466 e. The van der Waals surface area contributed by atoms with Gasteiger partial charge in [-0.25, -0.2) is 27.0 Å². The maximum atomic E-state index is 14.8. The number of rotatable bonds is 7. The van der Waals surface area contributed by atoms with Crippen molar-refractivity contribution >= 4 is 50.7 Å². The van der Waals surface area contributed by atoms with Crippen molar-refractivity contribution in [1.82, 2.24) is 4.98 Å². The monoisotopic (exact) mass is 512 g/mol. The van der Waals surface area contributed by atoms with Gasteiger partial charge in [-0.15, -0.1) is 11.3 Å². The maximum Gasteiger partial charge on any atom is 0.330 e. The van der Waals surface area contributed by atoms with Crippen molar-refractivity contribution in [2.45, 2.75) is 24.8 Å². The number of carbonyl (C=O) groups excluding carboxylic acids is 1. The van der Waals surface area contributed by atoms with Crippen LogP contribution in [-0.4, -0.2) is 26.5 Å². The number of anilines is 1. The molecule has 2 aromatic carbocycles. The molecule has 3 aromatic rings. The van der Waals surface area contributed by atoms with Gasteiger partial charge in [0.05, 0.1) is 34.3 Å². The van der Waals surface area contributed by atoms with E-state index in [4.69, 9.17) is 11.6 Å². The summed E-state index contributed by atoms with van der Waals surface area (Å²) in [6.07, 6.45) is 2.71. The molecule has 0 aliphatic rings. The zero-order chi connectivity index (χ0) is 24.3. The average Bonchev–Trinajstić information content (AvgIpc) is 3.15. The molecule has 0 saturated carbocycles. The van der Waals surface area contributed by atoms with Crippen LogP contribution in [0, 0.1) is 18.6 Å². The van der Waals surface area contributed by atoms with E-state index < -0.39 is 39.4 Å². The van der Waals surface area contributed by atoms with E-state index in [2.05, 4.69) is 9.72 Å². The second-order valence-corrected chi connectivity index (χ2v) is 10.2. The number of benzene rings is 2. The summed E-state index contributed by atoms with van der Waals surface area (Å²) in [4.78, 5) is 16.3. The highest BCUT2D eigenvalue weighted by Gasteiger charge is 2.34. The van der Waals surface area contributed by atoms with Gasteiger partial charge >= 0.3 is 5.97 Å². The number of nitrogens with zero attached hydrogens (tertiary/aromatic N) is 2. The van der Waals surface area contributed by atoms with E-state index in [1.54, 1.807) is 6.92 Å². The number of methoxy groups -OCH3 is 1. The van der Waals surface area contributed by atoms with Crippen LogP contribution in [0.15, 0.2) is 53.4 Å². The Morgan fingerprint density at radius 2 is 1.88 bits per heavy atom. The molecule has 0 bridgehead atoms. The summed E-state index contributed by atoms with van der Waals surface area (Å²) in [5.41, 5.74) is 0.0718. The van der Waals surface area contributed by atoms with Crippen LogP contribution in [0.4, 0.5) is 14.5 Å². The fraction of sp³-hybridized carbons (Fsp3) is 0.182. The van der Waals surface area contributed by atoms with Crippen molar-refractivity contribution in [1.29, 1.82) is 0 Å². The third kappa shape index (κ3) is 5.40. The van der Waals surface area contributed by atoms with Crippen LogP contribution >= 0.6 is 22.9 Å². The minimum Gasteiger partial charge on any atom is -0.466 e. The first-order valence-corrected chi connectivity index (χ1v) is 12.2. The molecule has 1 aromatic heterocycles. The molecular weight excluding hydrogens is 494 g/mol. The minimum absolute atomic E-state index is 0.151. The van der Waals surface area contributed by atoms with Crippen molar-refractivity contribution in [3.8, 4) is 0 Å². The Hall–Kier alpha value is -2.82. The van der Waals surface area contributed by atoms with Crippen LogP contribution in [0.5, 0.6) is 0 Å². The van der Waals surface area contributed by atoms with Gasteiger partial charge < -0.3 is 4.74 Å². The molecule has 0 N–H and O–H groups in total. The number of esters is 1. The number of aromatic nitrogens is 1. The van der Waals surface area contributed by atoms with Crippen molar-refractivity contribution in [3.05, 3.63) is 80.8 Å². The average molecular weight is 513 g/mol. The molecule has 6 nitrogen and oxygen atoms in total. The minimum atomic E-state index is -4.35. The van der Waals surface area contributed by atoms with Crippen molar-refractivity contribution in [2.75, 3.05) is 11.4 Å². The van der Waals surface area contributed by atoms with E-state index in [9.17, 15) is 22.0 Å². The Kier molecular flexibility index (Phi) is 7.51. The number of ether oxygens (including phenoxy) is 1. The summed E-state index contributed by atoms with van der Waals surface area (Å²) in [5.74, 6) is -2.28. The Balaban J connectivity index is 2.14. The molecule has 0 saturated heterocycles. The lowest BCUT2D eigenvalue weighted by Crippen LogP contribution is -2.34. The lowest BCUT2D eigenvalue weighted by atomic mass is 10.2. The highest BCUT2D eigenvalue weighted by Crippen LogP contribution is 2.37. The fourth-order valence-electron chi connectivity index (χ4n) is 3.00. The molecule has 11 heteroatoms. The number of hydrogen-bond acceptors (Lipinski definition) is 6. The predicted molar refractivity (Wildman–Crippen MR) is 124 cm³/mol. The number of carbonyl (C=O) groups is 1. The van der Waals surface area contributed by atoms with E-state index in [0.29, 0.717) is 20.6 Å². The summed E-state index contributed by atoms with van der Waals surface area (Å²) < 4.78 is 61.3. The fourth-order valence-corrected chi connectivity index (χ4v) is 5.82. The van der Waals surface area contributed by atoms with E-state index in [1.807, 2.05) is 0 Å². The molecule has 0 aliphatic heterocycles. The smallest absolute Gasteiger partial charge is 0.330 e. The van der Waals surface area contributed by atoms with E-state index in [1.165, 1.54) is 50.5 Å². The zero-order valence-electron chi connectivity index (χ0n) is 17.8. The quantitative estimate of drug-likeness (QED) is 0.307. The first-order valence-electron chi connectivity index (χ1n) is 9.53. The highest BCUT2D eigenvalue weighted by atomic mass is 35.5. The molecule has 33 heavy (non-hydrogen) atoms. The molecular formula is C22H19ClF2N2O4S2. The van der Waals surface area contributed by atoms with Crippen LogP contribution in [0.2, 0.25) is 5.02 Å². The topological polar surface area (TPSA) is 76.6 Å². The van der Waals surface area contributed by atoms with E-state index in [0.717, 1.165) is 33.8 Å². The molecule has 0 aliphatic carbocycles. The third-order valence-corrected chi connectivity index (χ3v) is 8.09. The Labute approximate surface area is 199 Å². The molecule has 0 fully saturated rings. The van der Waals surface area contributed by atoms with Gasteiger partial charge in [-0.1, -0.05) is 11.6 Å². The molecule has 3 rings (SSSR count). The molecule has 1 atom stereocenters. The van der Waals surface area contributed by atoms with Gasteiger partial charge in [0.1, 0.15) is 16.6 Å². The van der Waals surface area contributed by atoms with Crippen molar-refractivity contribution in [2.24, 2.45) is 0 Å². The van der Waals surface area contributed by atoms with Gasteiger partial charge in [-0.2, -0.15) is 0 Å². The number of hydrogen-bond donors (Lipinski definition) is 0. The van der Waals surface area contributed by atoms with Crippen molar-refractivity contribution in [3.63, 3.8) is 0 Å². The number of aryl methyl sites for hydroxylation is 1. The number of halogens is 3. The van der Waals surface area contributed by atoms with E-state index in [-0.39, 0.29) is 4.90 Å². The lowest BCUT2D eigenvalue weighted by Gasteiger charge is -2.29. The summed E-state index contributed by atoms with van der Waals surface area (Å²) in [5, 5.41) is 0.640. The second-order valence-electron chi connectivity index (χ2n) is 6.88. The van der Waals surface area contributed by atoms with Crippen molar-refractivity contribution < 1.29 is 26.7 Å². The molecule has 0 spiro atoms. The third-order valence-electron chi connectivity index (χ3n) is 4.65. The van der Waals surface area contributed by atoms with Crippen LogP contribution in [-0.2, 0) is 19.6 Å². The standard InChI is InChI=1S/C22H19ClF2N2O4S2/c1-13-20(10-11-21(28)31-3)32-22(26-13)14(2)27(19-12-16(24)6-9-18(19)25)33(29,30)17-7-4-15(23)5-8-17/h4-12,14H,1-3H3. The Morgan fingerprint density at radius 1 is 1.21 bits per heavy atom. The van der Waals surface area contributed by atoms with Crippen LogP contribution < -0.4 is 4.31 Å². The predicted octanol–water partition coefficient (Wildman–Crippen LogP) is 5.53. The zero-order valence-corrected chi connectivity index (χ0v) is 20.1. The molecule has 174 valence electrons. The first kappa shape index (κ1) is 24.8. The Bertz CT molecular complexity index is 1310. The van der Waals surface area contributed by atoms with E-state index >= 15 is 0 Å².